The number of hydrogen-bond donors (Lipinski definition) is 2. The highest BCUT2D eigenvalue weighted by molar-refractivity contribution is 5.98. The maximum absolute atomic E-state index is 12.1. The van der Waals surface area contributed by atoms with E-state index in [-0.39, 0.29) is 11.9 Å². The largest absolute Gasteiger partial charge is 0.359 e. The summed E-state index contributed by atoms with van der Waals surface area (Å²) in [5, 5.41) is 5.13. The summed E-state index contributed by atoms with van der Waals surface area (Å²) in [7, 11) is 1.70. The molecule has 0 saturated carbocycles. The van der Waals surface area contributed by atoms with Crippen molar-refractivity contribution < 1.29 is 4.79 Å². The lowest BCUT2D eigenvalue weighted by Crippen LogP contribution is -2.42. The summed E-state index contributed by atoms with van der Waals surface area (Å²) in [6.45, 7) is 1.45. The second kappa shape index (κ2) is 5.74. The highest BCUT2D eigenvalue weighted by Crippen LogP contribution is 2.33. The maximum atomic E-state index is 12.1. The van der Waals surface area contributed by atoms with Gasteiger partial charge in [0.1, 0.15) is 6.04 Å². The van der Waals surface area contributed by atoms with E-state index >= 15 is 0 Å². The van der Waals surface area contributed by atoms with Gasteiger partial charge in [-0.1, -0.05) is 30.3 Å². The zero-order chi connectivity index (χ0) is 14.8. The molecule has 1 heterocycles. The maximum Gasteiger partial charge on any atom is 0.242 e. The first-order chi connectivity index (χ1) is 10.3. The lowest BCUT2D eigenvalue weighted by molar-refractivity contribution is -0.121. The summed E-state index contributed by atoms with van der Waals surface area (Å²) in [5.74, 6) is 0.0967. The topological polar surface area (TPSA) is 58.4 Å². The Labute approximate surface area is 124 Å². The van der Waals surface area contributed by atoms with Crippen LogP contribution in [0.4, 0.5) is 5.69 Å². The molecule has 3 rings (SSSR count). The first-order valence-electron chi connectivity index (χ1n) is 7.45. The van der Waals surface area contributed by atoms with Crippen LogP contribution in [0, 0.1) is 0 Å². The molecule has 21 heavy (non-hydrogen) atoms. The number of nitrogens with zero attached hydrogens (tertiary/aromatic N) is 1. The molecule has 0 spiro atoms. The van der Waals surface area contributed by atoms with Crippen LogP contribution in [0.2, 0.25) is 0 Å². The molecule has 0 radical (unpaired) electrons. The zero-order valence-electron chi connectivity index (χ0n) is 12.3. The van der Waals surface area contributed by atoms with E-state index in [1.807, 2.05) is 12.1 Å². The van der Waals surface area contributed by atoms with Crippen molar-refractivity contribution in [3.63, 3.8) is 0 Å². The molecule has 0 bridgehead atoms. The Morgan fingerprint density at radius 2 is 2.05 bits per heavy atom. The average Bonchev–Trinajstić information content (AvgIpc) is 3.02. The molecule has 1 aliphatic rings. The molecule has 0 aliphatic carbocycles. The van der Waals surface area contributed by atoms with Crippen LogP contribution in [-0.2, 0) is 11.3 Å². The second-order valence-corrected chi connectivity index (χ2v) is 5.46. The minimum atomic E-state index is -0.0675. The number of rotatable bonds is 3. The van der Waals surface area contributed by atoms with Gasteiger partial charge in [-0.3, -0.25) is 4.79 Å². The number of nitrogens with one attached hydrogen (secondary N) is 1. The fraction of sp³-hybridized carbons (Fsp3) is 0.353. The molecule has 1 unspecified atom stereocenters. The van der Waals surface area contributed by atoms with Gasteiger partial charge in [0.05, 0.1) is 0 Å². The summed E-state index contributed by atoms with van der Waals surface area (Å²) in [5.41, 5.74) is 8.12. The van der Waals surface area contributed by atoms with E-state index in [1.165, 1.54) is 10.8 Å². The minimum absolute atomic E-state index is 0.0675. The van der Waals surface area contributed by atoms with Crippen molar-refractivity contribution in [3.8, 4) is 0 Å². The summed E-state index contributed by atoms with van der Waals surface area (Å²) >= 11 is 0. The lowest BCUT2D eigenvalue weighted by Gasteiger charge is -2.27. The van der Waals surface area contributed by atoms with Crippen LogP contribution in [0.15, 0.2) is 36.4 Å². The van der Waals surface area contributed by atoms with Gasteiger partial charge >= 0.3 is 0 Å². The van der Waals surface area contributed by atoms with Gasteiger partial charge in [-0.05, 0) is 29.9 Å². The van der Waals surface area contributed by atoms with Crippen molar-refractivity contribution in [2.45, 2.75) is 25.4 Å². The fourth-order valence-electron chi connectivity index (χ4n) is 3.27. The third kappa shape index (κ3) is 2.36. The third-order valence-electron chi connectivity index (χ3n) is 4.32. The molecule has 3 N–H and O–H groups in total. The monoisotopic (exact) mass is 283 g/mol. The van der Waals surface area contributed by atoms with E-state index in [9.17, 15) is 4.79 Å². The van der Waals surface area contributed by atoms with E-state index in [4.69, 9.17) is 5.73 Å². The first-order valence-corrected chi connectivity index (χ1v) is 7.45. The number of benzene rings is 2. The number of nitrogens with two attached hydrogens (primary N) is 1. The highest BCUT2D eigenvalue weighted by Gasteiger charge is 2.31. The second-order valence-electron chi connectivity index (χ2n) is 5.46. The van der Waals surface area contributed by atoms with Crippen LogP contribution in [0.5, 0.6) is 0 Å². The number of amides is 1. The van der Waals surface area contributed by atoms with Crippen LogP contribution in [0.3, 0.4) is 0 Å². The number of carbonyl (C=O) groups is 1. The molecule has 4 heteroatoms. The molecule has 1 atom stereocenters. The number of fused-ring (bicyclic) bond motifs is 1. The molecule has 110 valence electrons. The molecule has 1 fully saturated rings. The van der Waals surface area contributed by atoms with Gasteiger partial charge in [0.25, 0.3) is 0 Å². The third-order valence-corrected chi connectivity index (χ3v) is 4.32. The molecule has 1 amide bonds. The summed E-state index contributed by atoms with van der Waals surface area (Å²) in [6, 6.07) is 12.4. The lowest BCUT2D eigenvalue weighted by atomic mass is 10.0. The molecule has 2 aromatic rings. The van der Waals surface area contributed by atoms with Gasteiger partial charge in [0, 0.05) is 31.2 Å². The van der Waals surface area contributed by atoms with Crippen molar-refractivity contribution in [2.75, 3.05) is 18.5 Å². The number of carbonyl (C=O) groups excluding carboxylic acids is 1. The zero-order valence-corrected chi connectivity index (χ0v) is 12.3. The summed E-state index contributed by atoms with van der Waals surface area (Å²) in [4.78, 5) is 14.3. The number of hydrogen-bond acceptors (Lipinski definition) is 3. The van der Waals surface area contributed by atoms with Crippen LogP contribution in [0.1, 0.15) is 18.4 Å². The van der Waals surface area contributed by atoms with Crippen molar-refractivity contribution in [1.82, 2.24) is 5.32 Å². The van der Waals surface area contributed by atoms with E-state index in [1.54, 1.807) is 7.05 Å². The van der Waals surface area contributed by atoms with Crippen LogP contribution in [-0.4, -0.2) is 25.5 Å². The van der Waals surface area contributed by atoms with Crippen molar-refractivity contribution in [1.29, 1.82) is 0 Å². The predicted molar refractivity (Wildman–Crippen MR) is 86.3 cm³/mol. The normalized spacial score (nSPS) is 18.2. The Balaban J connectivity index is 2.10. The van der Waals surface area contributed by atoms with Crippen LogP contribution >= 0.6 is 0 Å². The van der Waals surface area contributed by atoms with Gasteiger partial charge < -0.3 is 16.0 Å². The van der Waals surface area contributed by atoms with E-state index in [0.29, 0.717) is 6.54 Å². The Morgan fingerprint density at radius 3 is 2.76 bits per heavy atom. The Hall–Kier alpha value is -2.07. The Bertz CT molecular complexity index is 668. The predicted octanol–water partition coefficient (Wildman–Crippen LogP) is 2.01. The van der Waals surface area contributed by atoms with Gasteiger partial charge in [-0.25, -0.2) is 0 Å². The van der Waals surface area contributed by atoms with Crippen LogP contribution < -0.4 is 16.0 Å². The number of anilines is 1. The first kappa shape index (κ1) is 13.9. The van der Waals surface area contributed by atoms with Crippen molar-refractivity contribution in [3.05, 3.63) is 42.0 Å². The quantitative estimate of drug-likeness (QED) is 0.906. The van der Waals surface area contributed by atoms with Crippen molar-refractivity contribution >= 4 is 22.4 Å². The standard InChI is InChI=1S/C17H21N3O/c1-19-17(21)16-7-4-10-20(16)15-9-8-12(11-18)13-5-2-3-6-14(13)15/h2-3,5-6,8-9,16H,4,7,10-11,18H2,1H3,(H,19,21). The van der Waals surface area contributed by atoms with Crippen LogP contribution in [0.25, 0.3) is 10.8 Å². The number of likely N-dealkylation sites (N-methyl/N-ethyl adjacent to an activating group) is 1. The SMILES string of the molecule is CNC(=O)C1CCCN1c1ccc(CN)c2ccccc12. The molecule has 1 saturated heterocycles. The Morgan fingerprint density at radius 1 is 1.29 bits per heavy atom. The van der Waals surface area contributed by atoms with E-state index in [0.717, 1.165) is 30.6 Å². The van der Waals surface area contributed by atoms with E-state index < -0.39 is 0 Å². The molecule has 0 aromatic heterocycles. The molecule has 1 aliphatic heterocycles. The van der Waals surface area contributed by atoms with Gasteiger partial charge in [0.2, 0.25) is 5.91 Å². The average molecular weight is 283 g/mol. The summed E-state index contributed by atoms with van der Waals surface area (Å²) < 4.78 is 0. The van der Waals surface area contributed by atoms with Gasteiger partial charge in [-0.15, -0.1) is 0 Å². The molecular formula is C17H21N3O. The highest BCUT2D eigenvalue weighted by atomic mass is 16.2. The van der Waals surface area contributed by atoms with Gasteiger partial charge in [0.15, 0.2) is 0 Å². The van der Waals surface area contributed by atoms with E-state index in [2.05, 4.69) is 34.5 Å². The molecule has 2 aromatic carbocycles. The van der Waals surface area contributed by atoms with Crippen molar-refractivity contribution in [2.24, 2.45) is 5.73 Å². The minimum Gasteiger partial charge on any atom is -0.359 e. The fourth-order valence-corrected chi connectivity index (χ4v) is 3.27. The summed E-state index contributed by atoms with van der Waals surface area (Å²) in [6.07, 6.45) is 1.96. The van der Waals surface area contributed by atoms with Gasteiger partial charge in [-0.2, -0.15) is 0 Å². The molecular weight excluding hydrogens is 262 g/mol. The molecule has 4 nitrogen and oxygen atoms in total. The smallest absolute Gasteiger partial charge is 0.242 e. The Kier molecular flexibility index (Phi) is 3.80.